The highest BCUT2D eigenvalue weighted by Gasteiger charge is 2.08. The minimum absolute atomic E-state index is 0.606. The number of hydrogen-bond acceptors (Lipinski definition) is 4. The van der Waals surface area contributed by atoms with Crippen molar-refractivity contribution in [1.29, 1.82) is 5.26 Å². The molecule has 0 saturated heterocycles. The fraction of sp³-hybridized carbons (Fsp3) is 0.562. The number of ether oxygens (including phenoxy) is 1. The molecule has 0 amide bonds. The van der Waals surface area contributed by atoms with Crippen LogP contribution in [0.3, 0.4) is 0 Å². The number of nitrogens with zero attached hydrogens (tertiary/aromatic N) is 3. The normalized spacial score (nSPS) is 10.8. The van der Waals surface area contributed by atoms with Gasteiger partial charge in [-0.1, -0.05) is 13.0 Å². The predicted molar refractivity (Wildman–Crippen MR) is 81.8 cm³/mol. The zero-order valence-corrected chi connectivity index (χ0v) is 13.0. The van der Waals surface area contributed by atoms with Gasteiger partial charge in [0.25, 0.3) is 0 Å². The number of hydrogen-bond donors (Lipinski definition) is 0. The molecular formula is C16H25N3O. The molecule has 0 heterocycles. The average Bonchev–Trinajstić information content (AvgIpc) is 2.44. The summed E-state index contributed by atoms with van der Waals surface area (Å²) in [6.45, 7) is 6.22. The van der Waals surface area contributed by atoms with Crippen LogP contribution in [-0.2, 0) is 6.54 Å². The van der Waals surface area contributed by atoms with E-state index < -0.39 is 0 Å². The first kappa shape index (κ1) is 16.5. The Morgan fingerprint density at radius 2 is 1.95 bits per heavy atom. The highest BCUT2D eigenvalue weighted by molar-refractivity contribution is 5.45. The lowest BCUT2D eigenvalue weighted by Crippen LogP contribution is -2.32. The van der Waals surface area contributed by atoms with Gasteiger partial charge in [-0.05, 0) is 44.8 Å². The topological polar surface area (TPSA) is 39.5 Å². The second-order valence-electron chi connectivity index (χ2n) is 5.23. The highest BCUT2D eigenvalue weighted by atomic mass is 16.5. The van der Waals surface area contributed by atoms with Gasteiger partial charge in [-0.25, -0.2) is 0 Å². The van der Waals surface area contributed by atoms with Crippen LogP contribution in [-0.4, -0.2) is 50.6 Å². The van der Waals surface area contributed by atoms with Gasteiger partial charge < -0.3 is 9.64 Å². The van der Waals surface area contributed by atoms with E-state index in [1.165, 1.54) is 0 Å². The summed E-state index contributed by atoms with van der Waals surface area (Å²) in [7, 11) is 5.77. The smallest absolute Gasteiger partial charge is 0.136 e. The molecule has 0 aromatic heterocycles. The van der Waals surface area contributed by atoms with Crippen LogP contribution in [0.1, 0.15) is 24.5 Å². The third-order valence-corrected chi connectivity index (χ3v) is 3.19. The van der Waals surface area contributed by atoms with Gasteiger partial charge in [-0.3, -0.25) is 4.90 Å². The van der Waals surface area contributed by atoms with E-state index in [-0.39, 0.29) is 0 Å². The second-order valence-corrected chi connectivity index (χ2v) is 5.23. The van der Waals surface area contributed by atoms with Gasteiger partial charge in [0.15, 0.2) is 0 Å². The molecule has 0 spiro atoms. The van der Waals surface area contributed by atoms with E-state index in [1.54, 1.807) is 7.11 Å². The molecule has 0 bridgehead atoms. The fourth-order valence-corrected chi connectivity index (χ4v) is 2.13. The van der Waals surface area contributed by atoms with Gasteiger partial charge in [0, 0.05) is 19.6 Å². The Bertz CT molecular complexity index is 452. The van der Waals surface area contributed by atoms with Crippen molar-refractivity contribution < 1.29 is 4.74 Å². The molecule has 4 heteroatoms. The van der Waals surface area contributed by atoms with Crippen molar-refractivity contribution in [2.45, 2.75) is 19.9 Å². The van der Waals surface area contributed by atoms with Gasteiger partial charge >= 0.3 is 0 Å². The maximum absolute atomic E-state index is 9.14. The van der Waals surface area contributed by atoms with Gasteiger partial charge in [-0.2, -0.15) is 5.26 Å². The van der Waals surface area contributed by atoms with Gasteiger partial charge in [-0.15, -0.1) is 0 Å². The standard InChI is InChI=1S/C16H25N3O/c1-5-8-19(10-9-18(2)3)13-14-6-7-16(20-4)15(11-14)12-17/h6-7,11H,5,8-10,13H2,1-4H3. The van der Waals surface area contributed by atoms with Crippen LogP contribution in [0.5, 0.6) is 5.75 Å². The molecule has 0 radical (unpaired) electrons. The summed E-state index contributed by atoms with van der Waals surface area (Å²) < 4.78 is 5.18. The fourth-order valence-electron chi connectivity index (χ4n) is 2.13. The van der Waals surface area contributed by atoms with Crippen molar-refractivity contribution in [3.05, 3.63) is 29.3 Å². The monoisotopic (exact) mass is 275 g/mol. The van der Waals surface area contributed by atoms with Gasteiger partial charge in [0.1, 0.15) is 11.8 Å². The number of nitriles is 1. The Balaban J connectivity index is 2.75. The second kappa shape index (κ2) is 8.57. The summed E-state index contributed by atoms with van der Waals surface area (Å²) in [5, 5.41) is 9.14. The molecule has 4 nitrogen and oxygen atoms in total. The van der Waals surface area contributed by atoms with Crippen LogP contribution in [0.15, 0.2) is 18.2 Å². The minimum atomic E-state index is 0.606. The summed E-state index contributed by atoms with van der Waals surface area (Å²) in [6, 6.07) is 8.04. The molecule has 0 atom stereocenters. The van der Waals surface area contributed by atoms with Crippen LogP contribution < -0.4 is 4.74 Å². The van der Waals surface area contributed by atoms with Gasteiger partial charge in [0.2, 0.25) is 0 Å². The van der Waals surface area contributed by atoms with E-state index in [9.17, 15) is 0 Å². The molecule has 1 rings (SSSR count). The Morgan fingerprint density at radius 1 is 1.20 bits per heavy atom. The number of likely N-dealkylation sites (N-methyl/N-ethyl adjacent to an activating group) is 1. The molecule has 0 fully saturated rings. The number of methoxy groups -OCH3 is 1. The molecule has 0 saturated carbocycles. The van der Waals surface area contributed by atoms with Crippen molar-refractivity contribution in [3.63, 3.8) is 0 Å². The van der Waals surface area contributed by atoms with Gasteiger partial charge in [0.05, 0.1) is 12.7 Å². The predicted octanol–water partition coefficient (Wildman–Crippen LogP) is 2.34. The summed E-state index contributed by atoms with van der Waals surface area (Å²) in [5.74, 6) is 0.645. The van der Waals surface area contributed by atoms with E-state index in [2.05, 4.69) is 36.9 Å². The van der Waals surface area contributed by atoms with Crippen LogP contribution in [0.25, 0.3) is 0 Å². The van der Waals surface area contributed by atoms with Crippen molar-refractivity contribution in [2.24, 2.45) is 0 Å². The molecule has 0 aliphatic carbocycles. The third-order valence-electron chi connectivity index (χ3n) is 3.19. The zero-order chi connectivity index (χ0) is 15.0. The van der Waals surface area contributed by atoms with Crippen LogP contribution >= 0.6 is 0 Å². The van der Waals surface area contributed by atoms with E-state index in [0.29, 0.717) is 11.3 Å². The van der Waals surface area contributed by atoms with Crippen molar-refractivity contribution in [1.82, 2.24) is 9.80 Å². The molecule has 110 valence electrons. The Hall–Kier alpha value is -1.57. The SMILES string of the molecule is CCCN(CCN(C)C)Cc1ccc(OC)c(C#N)c1. The lowest BCUT2D eigenvalue weighted by Gasteiger charge is -2.23. The van der Waals surface area contributed by atoms with E-state index in [0.717, 1.165) is 38.2 Å². The molecule has 0 aliphatic rings. The Labute approximate surface area is 122 Å². The summed E-state index contributed by atoms with van der Waals surface area (Å²) in [4.78, 5) is 4.61. The molecule has 0 N–H and O–H groups in total. The van der Waals surface area contributed by atoms with E-state index in [4.69, 9.17) is 10.00 Å². The van der Waals surface area contributed by atoms with Crippen LogP contribution in [0, 0.1) is 11.3 Å². The molecule has 20 heavy (non-hydrogen) atoms. The van der Waals surface area contributed by atoms with Crippen molar-refractivity contribution in [3.8, 4) is 11.8 Å². The van der Waals surface area contributed by atoms with Crippen molar-refractivity contribution in [2.75, 3.05) is 40.8 Å². The summed E-state index contributed by atoms with van der Waals surface area (Å²) in [5.41, 5.74) is 1.77. The Kier molecular flexibility index (Phi) is 7.06. The molecule has 0 aliphatic heterocycles. The lowest BCUT2D eigenvalue weighted by molar-refractivity contribution is 0.234. The maximum Gasteiger partial charge on any atom is 0.136 e. The van der Waals surface area contributed by atoms with E-state index in [1.807, 2.05) is 18.2 Å². The van der Waals surface area contributed by atoms with Crippen LogP contribution in [0.4, 0.5) is 0 Å². The summed E-state index contributed by atoms with van der Waals surface area (Å²) in [6.07, 6.45) is 1.13. The highest BCUT2D eigenvalue weighted by Crippen LogP contribution is 2.19. The summed E-state index contributed by atoms with van der Waals surface area (Å²) >= 11 is 0. The largest absolute Gasteiger partial charge is 0.495 e. The third kappa shape index (κ3) is 5.20. The van der Waals surface area contributed by atoms with Crippen molar-refractivity contribution >= 4 is 0 Å². The zero-order valence-electron chi connectivity index (χ0n) is 13.0. The first-order chi connectivity index (χ1) is 9.60. The Morgan fingerprint density at radius 3 is 2.50 bits per heavy atom. The van der Waals surface area contributed by atoms with E-state index >= 15 is 0 Å². The molecule has 1 aromatic rings. The maximum atomic E-state index is 9.14. The average molecular weight is 275 g/mol. The first-order valence-corrected chi connectivity index (χ1v) is 7.04. The quantitative estimate of drug-likeness (QED) is 0.730. The molecular weight excluding hydrogens is 250 g/mol. The molecule has 0 unspecified atom stereocenters. The number of rotatable bonds is 8. The minimum Gasteiger partial charge on any atom is -0.495 e. The number of benzene rings is 1. The van der Waals surface area contributed by atoms with Crippen LogP contribution in [0.2, 0.25) is 0 Å². The molecule has 1 aromatic carbocycles. The first-order valence-electron chi connectivity index (χ1n) is 7.04. The lowest BCUT2D eigenvalue weighted by atomic mass is 10.1.